The number of aliphatic hydroxyl groups is 1. The number of hydrogen-bond donors (Lipinski definition) is 1. The molecular weight excluding hydrogens is 331 g/mol. The van der Waals surface area contributed by atoms with Crippen molar-refractivity contribution in [3.63, 3.8) is 0 Å². The molecule has 5 nitrogen and oxygen atoms in total. The molecule has 0 aliphatic carbocycles. The minimum atomic E-state index is -0.357. The molecule has 94 valence electrons. The highest BCUT2D eigenvalue weighted by Crippen LogP contribution is 2.16. The Balaban J connectivity index is 2.05. The number of piperazine rings is 1. The van der Waals surface area contributed by atoms with Gasteiger partial charge < -0.3 is 10.0 Å². The summed E-state index contributed by atoms with van der Waals surface area (Å²) >= 11 is 2.21. The van der Waals surface area contributed by atoms with Crippen molar-refractivity contribution in [2.24, 2.45) is 0 Å². The van der Waals surface area contributed by atoms with Crippen LogP contribution in [0.5, 0.6) is 0 Å². The maximum atomic E-state index is 9.50. The highest BCUT2D eigenvalue weighted by Gasteiger charge is 2.20. The monoisotopic (exact) mass is 348 g/mol. The third kappa shape index (κ3) is 3.26. The Morgan fingerprint density at radius 1 is 1.29 bits per heavy atom. The summed E-state index contributed by atoms with van der Waals surface area (Å²) in [6.07, 6.45) is -0.357. The van der Waals surface area contributed by atoms with Crippen molar-refractivity contribution in [1.82, 2.24) is 14.9 Å². The Morgan fingerprint density at radius 3 is 2.47 bits per heavy atom. The molecule has 17 heavy (non-hydrogen) atoms. The molecule has 2 rings (SSSR count). The van der Waals surface area contributed by atoms with Crippen LogP contribution in [0.4, 0.5) is 5.82 Å². The number of nitrogens with zero attached hydrogens (tertiary/aromatic N) is 4. The lowest BCUT2D eigenvalue weighted by Crippen LogP contribution is -2.49. The van der Waals surface area contributed by atoms with E-state index in [0.29, 0.717) is 0 Å². The Kier molecular flexibility index (Phi) is 4.16. The Bertz CT molecular complexity index is 371. The van der Waals surface area contributed by atoms with Crippen molar-refractivity contribution in [3.8, 4) is 0 Å². The molecule has 6 heteroatoms. The smallest absolute Gasteiger partial charge is 0.133 e. The maximum Gasteiger partial charge on any atom is 0.133 e. The zero-order valence-corrected chi connectivity index (χ0v) is 12.3. The molecule has 1 aromatic heterocycles. The second kappa shape index (κ2) is 5.45. The van der Waals surface area contributed by atoms with E-state index in [1.807, 2.05) is 19.9 Å². The van der Waals surface area contributed by atoms with Crippen LogP contribution in [-0.4, -0.2) is 52.4 Å². The quantitative estimate of drug-likeness (QED) is 0.635. The van der Waals surface area contributed by atoms with Gasteiger partial charge in [0.2, 0.25) is 0 Å². The minimum absolute atomic E-state index is 0.357. The van der Waals surface area contributed by atoms with Gasteiger partial charge in [-0.25, -0.2) is 9.97 Å². The topological polar surface area (TPSA) is 52.5 Å². The summed E-state index contributed by atoms with van der Waals surface area (Å²) < 4.78 is 0.975. The average Bonchev–Trinajstić information content (AvgIpc) is 2.28. The molecule has 0 saturated carbocycles. The first-order chi connectivity index (χ1) is 8.06. The van der Waals surface area contributed by atoms with Crippen LogP contribution in [0.25, 0.3) is 0 Å². The van der Waals surface area contributed by atoms with Crippen molar-refractivity contribution in [3.05, 3.63) is 15.6 Å². The zero-order valence-electron chi connectivity index (χ0n) is 10.1. The molecule has 1 aliphatic rings. The molecule has 0 aromatic carbocycles. The lowest BCUT2D eigenvalue weighted by Gasteiger charge is -2.36. The zero-order chi connectivity index (χ0) is 12.4. The molecule has 1 aliphatic heterocycles. The highest BCUT2D eigenvalue weighted by molar-refractivity contribution is 14.1. The first-order valence-electron chi connectivity index (χ1n) is 5.74. The van der Waals surface area contributed by atoms with Crippen LogP contribution in [0.1, 0.15) is 12.7 Å². The standard InChI is InChI=1S/C11H17IN4O/c1-8-13-10(12)7-11(14-8)16-5-3-15(4-6-16)9(2)17/h7,9,17H,3-6H2,1-2H3. The van der Waals surface area contributed by atoms with Crippen LogP contribution in [0.3, 0.4) is 0 Å². The number of anilines is 1. The van der Waals surface area contributed by atoms with Crippen LogP contribution in [-0.2, 0) is 0 Å². The molecule has 1 aromatic rings. The van der Waals surface area contributed by atoms with Gasteiger partial charge >= 0.3 is 0 Å². The molecule has 2 heterocycles. The summed E-state index contributed by atoms with van der Waals surface area (Å²) in [6, 6.07) is 2.01. The van der Waals surface area contributed by atoms with Crippen molar-refractivity contribution in [2.75, 3.05) is 31.1 Å². The summed E-state index contributed by atoms with van der Waals surface area (Å²) in [5.74, 6) is 1.80. The number of hydrogen-bond acceptors (Lipinski definition) is 5. The van der Waals surface area contributed by atoms with Gasteiger partial charge in [0.1, 0.15) is 21.6 Å². The van der Waals surface area contributed by atoms with Crippen molar-refractivity contribution in [1.29, 1.82) is 0 Å². The number of aryl methyl sites for hydroxylation is 1. The molecule has 1 N–H and O–H groups in total. The minimum Gasteiger partial charge on any atom is -0.379 e. The van der Waals surface area contributed by atoms with E-state index in [1.165, 1.54) is 0 Å². The Labute approximate surface area is 115 Å². The van der Waals surface area contributed by atoms with Crippen molar-refractivity contribution in [2.45, 2.75) is 20.1 Å². The van der Waals surface area contributed by atoms with Gasteiger partial charge in [0.05, 0.1) is 0 Å². The van der Waals surface area contributed by atoms with E-state index in [1.54, 1.807) is 0 Å². The van der Waals surface area contributed by atoms with Gasteiger partial charge in [-0.15, -0.1) is 0 Å². The molecular formula is C11H17IN4O. The lowest BCUT2D eigenvalue weighted by molar-refractivity contribution is 0.0152. The molecule has 0 bridgehead atoms. The van der Waals surface area contributed by atoms with Crippen LogP contribution in [0, 0.1) is 10.6 Å². The number of halogens is 1. The summed E-state index contributed by atoms with van der Waals surface area (Å²) in [5.41, 5.74) is 0. The summed E-state index contributed by atoms with van der Waals surface area (Å²) in [6.45, 7) is 7.27. The lowest BCUT2D eigenvalue weighted by atomic mass is 10.3. The maximum absolute atomic E-state index is 9.50. The Hall–Kier alpha value is -0.470. The van der Waals surface area contributed by atoms with Gasteiger partial charge in [0.15, 0.2) is 0 Å². The summed E-state index contributed by atoms with van der Waals surface area (Å²) in [7, 11) is 0. The molecule has 1 fully saturated rings. The fourth-order valence-electron chi connectivity index (χ4n) is 2.00. The highest BCUT2D eigenvalue weighted by atomic mass is 127. The van der Waals surface area contributed by atoms with Gasteiger partial charge in [-0.2, -0.15) is 0 Å². The van der Waals surface area contributed by atoms with Gasteiger partial charge in [-0.1, -0.05) is 0 Å². The van der Waals surface area contributed by atoms with Crippen LogP contribution < -0.4 is 4.90 Å². The summed E-state index contributed by atoms with van der Waals surface area (Å²) in [4.78, 5) is 13.0. The average molecular weight is 348 g/mol. The van der Waals surface area contributed by atoms with E-state index in [4.69, 9.17) is 0 Å². The molecule has 0 amide bonds. The number of aromatic nitrogens is 2. The van der Waals surface area contributed by atoms with Crippen LogP contribution >= 0.6 is 22.6 Å². The molecule has 1 unspecified atom stereocenters. The van der Waals surface area contributed by atoms with Crippen LogP contribution in [0.2, 0.25) is 0 Å². The normalized spacial score (nSPS) is 19.4. The first kappa shape index (κ1) is 13.0. The van der Waals surface area contributed by atoms with E-state index in [-0.39, 0.29) is 6.23 Å². The van der Waals surface area contributed by atoms with Gasteiger partial charge in [-0.3, -0.25) is 4.90 Å². The van der Waals surface area contributed by atoms with Gasteiger partial charge in [0.25, 0.3) is 0 Å². The third-order valence-corrected chi connectivity index (χ3v) is 3.51. The van der Waals surface area contributed by atoms with E-state index < -0.39 is 0 Å². The van der Waals surface area contributed by atoms with Crippen molar-refractivity contribution >= 4 is 28.4 Å². The second-order valence-electron chi connectivity index (χ2n) is 4.25. The largest absolute Gasteiger partial charge is 0.379 e. The molecule has 1 atom stereocenters. The predicted molar refractivity (Wildman–Crippen MR) is 75.0 cm³/mol. The van der Waals surface area contributed by atoms with E-state index in [2.05, 4.69) is 42.4 Å². The first-order valence-corrected chi connectivity index (χ1v) is 6.82. The Morgan fingerprint density at radius 2 is 1.94 bits per heavy atom. The third-order valence-electron chi connectivity index (χ3n) is 2.96. The van der Waals surface area contributed by atoms with Gasteiger partial charge in [-0.05, 0) is 36.4 Å². The molecule has 1 saturated heterocycles. The van der Waals surface area contributed by atoms with Crippen LogP contribution in [0.15, 0.2) is 6.07 Å². The SMILES string of the molecule is Cc1nc(I)cc(N2CCN(C(C)O)CC2)n1. The van der Waals surface area contributed by atoms with Crippen molar-refractivity contribution < 1.29 is 5.11 Å². The van der Waals surface area contributed by atoms with E-state index in [9.17, 15) is 5.11 Å². The fraction of sp³-hybridized carbons (Fsp3) is 0.636. The summed E-state index contributed by atoms with van der Waals surface area (Å²) in [5, 5.41) is 9.50. The predicted octanol–water partition coefficient (Wildman–Crippen LogP) is 0.850. The van der Waals surface area contributed by atoms with E-state index in [0.717, 1.165) is 41.5 Å². The number of aliphatic hydroxyl groups excluding tert-OH is 1. The molecule has 0 spiro atoms. The second-order valence-corrected chi connectivity index (χ2v) is 5.36. The molecule has 0 radical (unpaired) electrons. The van der Waals surface area contributed by atoms with E-state index >= 15 is 0 Å². The van der Waals surface area contributed by atoms with Gasteiger partial charge in [0, 0.05) is 32.2 Å². The fourth-order valence-corrected chi connectivity index (χ4v) is 2.63. The number of rotatable bonds is 2.